The van der Waals surface area contributed by atoms with E-state index in [1.54, 1.807) is 11.4 Å². The Morgan fingerprint density at radius 3 is 1.48 bits per heavy atom. The Balaban J connectivity index is 1.76. The molecule has 2 saturated heterocycles. The third kappa shape index (κ3) is 9.97. The molecular formula is C41H66N2O4S3. The van der Waals surface area contributed by atoms with Crippen LogP contribution in [-0.4, -0.2) is 72.4 Å². The summed E-state index contributed by atoms with van der Waals surface area (Å²) < 4.78 is 34.9. The van der Waals surface area contributed by atoms with Crippen LogP contribution < -0.4 is 4.74 Å². The lowest BCUT2D eigenvalue weighted by Crippen LogP contribution is -2.44. The first-order valence-electron chi connectivity index (χ1n) is 18.6. The molecule has 9 heteroatoms. The predicted octanol–water partition coefficient (Wildman–Crippen LogP) is 10.1. The number of phenols is 1. The fourth-order valence-electron chi connectivity index (χ4n) is 7.17. The van der Waals surface area contributed by atoms with Gasteiger partial charge in [-0.25, -0.2) is 12.7 Å². The summed E-state index contributed by atoms with van der Waals surface area (Å²) in [4.78, 5) is 4.69. The number of likely N-dealkylation sites (tertiary alicyclic amines) is 1. The van der Waals surface area contributed by atoms with Crippen molar-refractivity contribution < 1.29 is 18.3 Å². The predicted molar refractivity (Wildman–Crippen MR) is 215 cm³/mol. The molecule has 0 radical (unpaired) electrons. The van der Waals surface area contributed by atoms with Gasteiger partial charge in [-0.2, -0.15) is 0 Å². The second-order valence-corrected chi connectivity index (χ2v) is 23.9. The Labute approximate surface area is 313 Å². The molecule has 2 aliphatic heterocycles. The van der Waals surface area contributed by atoms with E-state index in [1.807, 2.05) is 23.5 Å². The van der Waals surface area contributed by atoms with Crippen LogP contribution in [0, 0.1) is 0 Å². The molecule has 0 amide bonds. The van der Waals surface area contributed by atoms with E-state index < -0.39 is 10.0 Å². The molecule has 0 aromatic heterocycles. The highest BCUT2D eigenvalue weighted by atomic mass is 32.2. The van der Waals surface area contributed by atoms with Crippen molar-refractivity contribution in [1.29, 1.82) is 0 Å². The van der Waals surface area contributed by atoms with Crippen molar-refractivity contribution in [3.63, 3.8) is 0 Å². The average molecular weight is 747 g/mol. The molecule has 2 aliphatic rings. The summed E-state index contributed by atoms with van der Waals surface area (Å²) in [5, 5.41) is 11.5. The molecule has 0 unspecified atom stereocenters. The van der Waals surface area contributed by atoms with Crippen molar-refractivity contribution in [2.45, 2.75) is 151 Å². The third-order valence-corrected chi connectivity index (χ3v) is 15.1. The fraction of sp³-hybridized carbons (Fsp3) is 0.707. The van der Waals surface area contributed by atoms with Crippen LogP contribution >= 0.6 is 23.5 Å². The first-order chi connectivity index (χ1) is 22.9. The maximum atomic E-state index is 13.7. The smallest absolute Gasteiger partial charge is 0.214 e. The van der Waals surface area contributed by atoms with Gasteiger partial charge in [0.05, 0.1) is 16.9 Å². The number of phenolic OH excluding ortho intramolecular Hbond substituents is 1. The number of piperidine rings is 1. The van der Waals surface area contributed by atoms with Crippen LogP contribution in [0.3, 0.4) is 0 Å². The average Bonchev–Trinajstić information content (AvgIpc) is 3.49. The zero-order valence-corrected chi connectivity index (χ0v) is 35.8. The second-order valence-electron chi connectivity index (χ2n) is 18.7. The SMILES string of the molecule is COc1c(C(C)(C)C)cc(SC2(Sc3cc(C(C)(C)C)c(O)c(C(C)(C)C)c3)CCN(S(=O)(=O)CCCN3CCCC3)CC2)cc1C(C)(C)C. The van der Waals surface area contributed by atoms with Gasteiger partial charge in [-0.05, 0) is 97.7 Å². The number of nitrogens with zero attached hydrogens (tertiary/aromatic N) is 2. The molecule has 0 aliphatic carbocycles. The normalized spacial score (nSPS) is 18.5. The first kappa shape index (κ1) is 41.4. The molecule has 1 N–H and O–H groups in total. The quantitative estimate of drug-likeness (QED) is 0.243. The van der Waals surface area contributed by atoms with Crippen LogP contribution in [0.25, 0.3) is 0 Å². The summed E-state index contributed by atoms with van der Waals surface area (Å²) in [7, 11) is -1.58. The summed E-state index contributed by atoms with van der Waals surface area (Å²) in [5.41, 5.74) is 3.51. The number of aromatic hydroxyl groups is 1. The van der Waals surface area contributed by atoms with Crippen LogP contribution in [0.4, 0.5) is 0 Å². The monoisotopic (exact) mass is 746 g/mol. The van der Waals surface area contributed by atoms with Gasteiger partial charge in [0.15, 0.2) is 0 Å². The van der Waals surface area contributed by atoms with E-state index in [0.29, 0.717) is 38.1 Å². The largest absolute Gasteiger partial charge is 0.507 e. The topological polar surface area (TPSA) is 70.1 Å². The maximum Gasteiger partial charge on any atom is 0.214 e. The molecule has 0 bridgehead atoms. The van der Waals surface area contributed by atoms with Crippen molar-refractivity contribution in [2.75, 3.05) is 45.6 Å². The fourth-order valence-corrected chi connectivity index (χ4v) is 11.7. The van der Waals surface area contributed by atoms with E-state index in [0.717, 1.165) is 41.4 Å². The van der Waals surface area contributed by atoms with E-state index in [-0.39, 0.29) is 31.5 Å². The Morgan fingerprint density at radius 2 is 1.10 bits per heavy atom. The summed E-state index contributed by atoms with van der Waals surface area (Å²) in [6.07, 6.45) is 4.55. The van der Waals surface area contributed by atoms with Gasteiger partial charge in [-0.3, -0.25) is 0 Å². The minimum Gasteiger partial charge on any atom is -0.507 e. The minimum absolute atomic E-state index is 0.130. The van der Waals surface area contributed by atoms with Gasteiger partial charge in [-0.15, -0.1) is 23.5 Å². The molecule has 4 rings (SSSR count). The van der Waals surface area contributed by atoms with E-state index >= 15 is 0 Å². The molecule has 2 heterocycles. The lowest BCUT2D eigenvalue weighted by atomic mass is 9.79. The number of benzene rings is 2. The Morgan fingerprint density at radius 1 is 0.700 bits per heavy atom. The molecule has 0 saturated carbocycles. The van der Waals surface area contributed by atoms with Crippen molar-refractivity contribution >= 4 is 33.5 Å². The van der Waals surface area contributed by atoms with Crippen LogP contribution in [0.2, 0.25) is 0 Å². The lowest BCUT2D eigenvalue weighted by Gasteiger charge is -2.41. The van der Waals surface area contributed by atoms with Crippen molar-refractivity contribution in [2.24, 2.45) is 0 Å². The third-order valence-electron chi connectivity index (χ3n) is 10.1. The van der Waals surface area contributed by atoms with Gasteiger partial charge in [0.25, 0.3) is 0 Å². The molecule has 282 valence electrons. The van der Waals surface area contributed by atoms with E-state index in [4.69, 9.17) is 4.74 Å². The Hall–Kier alpha value is -1.39. The highest BCUT2D eigenvalue weighted by molar-refractivity contribution is 8.18. The summed E-state index contributed by atoms with van der Waals surface area (Å²) in [6, 6.07) is 8.96. The van der Waals surface area contributed by atoms with Gasteiger partial charge < -0.3 is 14.7 Å². The summed E-state index contributed by atoms with van der Waals surface area (Å²) in [6.45, 7) is 30.4. The number of methoxy groups -OCH3 is 1. The number of rotatable bonds is 10. The Kier molecular flexibility index (Phi) is 12.5. The molecule has 50 heavy (non-hydrogen) atoms. The van der Waals surface area contributed by atoms with Gasteiger partial charge in [0.2, 0.25) is 10.0 Å². The van der Waals surface area contributed by atoms with Gasteiger partial charge >= 0.3 is 0 Å². The van der Waals surface area contributed by atoms with Gasteiger partial charge in [0.1, 0.15) is 11.5 Å². The highest BCUT2D eigenvalue weighted by Gasteiger charge is 2.41. The zero-order chi connectivity index (χ0) is 37.5. The highest BCUT2D eigenvalue weighted by Crippen LogP contribution is 2.55. The van der Waals surface area contributed by atoms with E-state index in [2.05, 4.69) is 112 Å². The number of hydrogen-bond acceptors (Lipinski definition) is 7. The molecule has 2 aromatic carbocycles. The van der Waals surface area contributed by atoms with Crippen LogP contribution in [-0.2, 0) is 31.7 Å². The van der Waals surface area contributed by atoms with Crippen molar-refractivity contribution in [3.8, 4) is 11.5 Å². The standard InChI is InChI=1S/C41H66N2O4S3/c1-37(2,3)31-25-29(26-32(35(31)44)38(4,5)6)48-41(17-22-43(23-18-41)50(45,46)24-16-21-42-19-14-15-20-42)49-30-27-33(39(7,8)9)36(47-13)34(28-30)40(10,11)12/h25-28,44H,14-24H2,1-13H3. The van der Waals surface area contributed by atoms with E-state index in [1.165, 1.54) is 28.9 Å². The van der Waals surface area contributed by atoms with Crippen LogP contribution in [0.1, 0.15) is 137 Å². The first-order valence-corrected chi connectivity index (χ1v) is 21.8. The lowest BCUT2D eigenvalue weighted by molar-refractivity contribution is 0.328. The molecule has 0 spiro atoms. The molecule has 2 fully saturated rings. The number of sulfonamides is 1. The second kappa shape index (κ2) is 15.2. The molecule has 2 aromatic rings. The number of thioether (sulfide) groups is 2. The molecule has 6 nitrogen and oxygen atoms in total. The van der Waals surface area contributed by atoms with Gasteiger partial charge in [-0.1, -0.05) is 83.1 Å². The van der Waals surface area contributed by atoms with Crippen LogP contribution in [0.5, 0.6) is 11.5 Å². The number of ether oxygens (including phenoxy) is 1. The minimum atomic E-state index is -3.35. The number of hydrogen-bond donors (Lipinski definition) is 1. The van der Waals surface area contributed by atoms with Gasteiger partial charge in [0, 0.05) is 45.1 Å². The van der Waals surface area contributed by atoms with Crippen molar-refractivity contribution in [3.05, 3.63) is 46.5 Å². The summed E-state index contributed by atoms with van der Waals surface area (Å²) in [5.74, 6) is 1.54. The Bertz CT molecular complexity index is 1520. The summed E-state index contributed by atoms with van der Waals surface area (Å²) >= 11 is 3.73. The van der Waals surface area contributed by atoms with Crippen LogP contribution in [0.15, 0.2) is 34.1 Å². The molecule has 0 atom stereocenters. The molecular weight excluding hydrogens is 681 g/mol. The zero-order valence-electron chi connectivity index (χ0n) is 33.4. The van der Waals surface area contributed by atoms with Crippen molar-refractivity contribution in [1.82, 2.24) is 9.21 Å². The maximum absolute atomic E-state index is 13.7. The van der Waals surface area contributed by atoms with E-state index in [9.17, 15) is 13.5 Å².